The average Bonchev–Trinajstić information content (AvgIpc) is 2.17. The molecule has 1 heterocycles. The molecule has 0 atom stereocenters. The lowest BCUT2D eigenvalue weighted by atomic mass is 9.99. The van der Waals surface area contributed by atoms with Crippen molar-refractivity contribution in [3.8, 4) is 0 Å². The van der Waals surface area contributed by atoms with Crippen LogP contribution in [0.4, 0.5) is 10.1 Å². The van der Waals surface area contributed by atoms with Gasteiger partial charge in [0.25, 0.3) is 0 Å². The summed E-state index contributed by atoms with van der Waals surface area (Å²) >= 11 is 0. The van der Waals surface area contributed by atoms with Crippen LogP contribution in [0.2, 0.25) is 0 Å². The third-order valence-corrected chi connectivity index (χ3v) is 2.92. The lowest BCUT2D eigenvalue weighted by Crippen LogP contribution is -2.58. The maximum absolute atomic E-state index is 13.1. The summed E-state index contributed by atoms with van der Waals surface area (Å²) in [6.45, 7) is 7.16. The molecule has 0 aromatic heterocycles. The van der Waals surface area contributed by atoms with E-state index < -0.39 is 0 Å². The zero-order valence-corrected chi connectivity index (χ0v) is 9.26. The van der Waals surface area contributed by atoms with E-state index in [1.807, 2.05) is 6.07 Å². The number of nitrogens with one attached hydrogen (secondary N) is 1. The van der Waals surface area contributed by atoms with Crippen LogP contribution in [0.1, 0.15) is 13.8 Å². The predicted octanol–water partition coefficient (Wildman–Crippen LogP) is 2.01. The molecule has 1 aliphatic heterocycles. The first-order valence-electron chi connectivity index (χ1n) is 5.33. The second-order valence-electron chi connectivity index (χ2n) is 4.62. The SMILES string of the molecule is CC1(C)CNCCN1c1cccc(F)c1. The minimum Gasteiger partial charge on any atom is -0.364 e. The minimum atomic E-state index is -0.165. The molecule has 0 amide bonds. The van der Waals surface area contributed by atoms with Gasteiger partial charge in [0.05, 0.1) is 0 Å². The second-order valence-corrected chi connectivity index (χ2v) is 4.62. The molecule has 3 heteroatoms. The van der Waals surface area contributed by atoms with Crippen molar-refractivity contribution in [2.75, 3.05) is 24.5 Å². The van der Waals surface area contributed by atoms with E-state index >= 15 is 0 Å². The van der Waals surface area contributed by atoms with Crippen LogP contribution < -0.4 is 10.2 Å². The van der Waals surface area contributed by atoms with Crippen molar-refractivity contribution in [3.05, 3.63) is 30.1 Å². The molecule has 0 bridgehead atoms. The molecule has 0 spiro atoms. The van der Waals surface area contributed by atoms with E-state index in [1.54, 1.807) is 12.1 Å². The van der Waals surface area contributed by atoms with Crippen LogP contribution in [0, 0.1) is 5.82 Å². The lowest BCUT2D eigenvalue weighted by molar-refractivity contribution is 0.380. The Morgan fingerprint density at radius 1 is 1.40 bits per heavy atom. The van der Waals surface area contributed by atoms with E-state index in [9.17, 15) is 4.39 Å². The summed E-state index contributed by atoms with van der Waals surface area (Å²) in [6.07, 6.45) is 0. The molecule has 2 nitrogen and oxygen atoms in total. The van der Waals surface area contributed by atoms with Gasteiger partial charge in [-0.2, -0.15) is 0 Å². The molecule has 0 saturated carbocycles. The highest BCUT2D eigenvalue weighted by Gasteiger charge is 2.29. The Morgan fingerprint density at radius 3 is 2.87 bits per heavy atom. The summed E-state index contributed by atoms with van der Waals surface area (Å²) in [6, 6.07) is 6.82. The van der Waals surface area contributed by atoms with Gasteiger partial charge in [-0.05, 0) is 32.0 Å². The van der Waals surface area contributed by atoms with E-state index in [2.05, 4.69) is 24.1 Å². The third kappa shape index (κ3) is 2.12. The second kappa shape index (κ2) is 3.81. The number of benzene rings is 1. The Kier molecular flexibility index (Phi) is 2.65. The van der Waals surface area contributed by atoms with Crippen molar-refractivity contribution < 1.29 is 4.39 Å². The molecule has 1 aliphatic rings. The normalized spacial score (nSPS) is 20.3. The van der Waals surface area contributed by atoms with Gasteiger partial charge in [0, 0.05) is 30.9 Å². The van der Waals surface area contributed by atoms with Gasteiger partial charge in [-0.3, -0.25) is 0 Å². The predicted molar refractivity (Wildman–Crippen MR) is 60.7 cm³/mol. The Labute approximate surface area is 90.1 Å². The number of halogens is 1. The average molecular weight is 208 g/mol. The molecule has 1 fully saturated rings. The van der Waals surface area contributed by atoms with E-state index in [0.717, 1.165) is 25.3 Å². The monoisotopic (exact) mass is 208 g/mol. The van der Waals surface area contributed by atoms with Crippen LogP contribution in [0.3, 0.4) is 0 Å². The number of hydrogen-bond acceptors (Lipinski definition) is 2. The zero-order valence-electron chi connectivity index (χ0n) is 9.26. The Hall–Kier alpha value is -1.09. The zero-order chi connectivity index (χ0) is 10.9. The summed E-state index contributed by atoms with van der Waals surface area (Å²) in [5, 5.41) is 3.35. The molecule has 1 aromatic carbocycles. The van der Waals surface area contributed by atoms with Crippen molar-refractivity contribution >= 4 is 5.69 Å². The van der Waals surface area contributed by atoms with Gasteiger partial charge in [0.15, 0.2) is 0 Å². The molecule has 1 N–H and O–H groups in total. The van der Waals surface area contributed by atoms with Gasteiger partial charge < -0.3 is 10.2 Å². The fraction of sp³-hybridized carbons (Fsp3) is 0.500. The Balaban J connectivity index is 2.29. The fourth-order valence-corrected chi connectivity index (χ4v) is 2.11. The molecule has 0 aliphatic carbocycles. The number of piperazine rings is 1. The van der Waals surface area contributed by atoms with Crippen LogP contribution >= 0.6 is 0 Å². The molecule has 1 saturated heterocycles. The Morgan fingerprint density at radius 2 is 2.20 bits per heavy atom. The quantitative estimate of drug-likeness (QED) is 0.759. The number of nitrogens with zero attached hydrogens (tertiary/aromatic N) is 1. The highest BCUT2D eigenvalue weighted by atomic mass is 19.1. The first kappa shape index (κ1) is 10.4. The fourth-order valence-electron chi connectivity index (χ4n) is 2.11. The van der Waals surface area contributed by atoms with Crippen LogP contribution in [0.25, 0.3) is 0 Å². The minimum absolute atomic E-state index is 0.0477. The molecule has 2 rings (SSSR count). The van der Waals surface area contributed by atoms with E-state index in [0.29, 0.717) is 0 Å². The van der Waals surface area contributed by atoms with Gasteiger partial charge in [0.1, 0.15) is 5.82 Å². The smallest absolute Gasteiger partial charge is 0.125 e. The van der Waals surface area contributed by atoms with E-state index in [-0.39, 0.29) is 11.4 Å². The third-order valence-electron chi connectivity index (χ3n) is 2.92. The first-order valence-corrected chi connectivity index (χ1v) is 5.33. The van der Waals surface area contributed by atoms with Gasteiger partial charge in [0.2, 0.25) is 0 Å². The van der Waals surface area contributed by atoms with Gasteiger partial charge in [-0.25, -0.2) is 4.39 Å². The van der Waals surface area contributed by atoms with E-state index in [1.165, 1.54) is 6.07 Å². The van der Waals surface area contributed by atoms with Crippen LogP contribution in [0.5, 0.6) is 0 Å². The molecule has 82 valence electrons. The standard InChI is InChI=1S/C12H17FN2/c1-12(2)9-14-6-7-15(12)11-5-3-4-10(13)8-11/h3-5,8,14H,6-7,9H2,1-2H3. The molecule has 1 aromatic rings. The topological polar surface area (TPSA) is 15.3 Å². The van der Waals surface area contributed by atoms with Gasteiger partial charge in [-0.15, -0.1) is 0 Å². The number of hydrogen-bond donors (Lipinski definition) is 1. The highest BCUT2D eigenvalue weighted by Crippen LogP contribution is 2.25. The first-order chi connectivity index (χ1) is 7.09. The van der Waals surface area contributed by atoms with Gasteiger partial charge >= 0.3 is 0 Å². The summed E-state index contributed by atoms with van der Waals surface area (Å²) in [5.74, 6) is -0.165. The maximum atomic E-state index is 13.1. The van der Waals surface area contributed by atoms with Crippen molar-refractivity contribution in [1.29, 1.82) is 0 Å². The summed E-state index contributed by atoms with van der Waals surface area (Å²) in [7, 11) is 0. The molecule has 15 heavy (non-hydrogen) atoms. The van der Waals surface area contributed by atoms with Crippen LogP contribution in [-0.4, -0.2) is 25.2 Å². The van der Waals surface area contributed by atoms with Crippen molar-refractivity contribution in [2.45, 2.75) is 19.4 Å². The van der Waals surface area contributed by atoms with Crippen molar-refractivity contribution in [1.82, 2.24) is 5.32 Å². The molecular formula is C12H17FN2. The largest absolute Gasteiger partial charge is 0.364 e. The molecule has 0 unspecified atom stereocenters. The molecule has 0 radical (unpaired) electrons. The summed E-state index contributed by atoms with van der Waals surface area (Å²) < 4.78 is 13.1. The van der Waals surface area contributed by atoms with Crippen molar-refractivity contribution in [2.24, 2.45) is 0 Å². The highest BCUT2D eigenvalue weighted by molar-refractivity contribution is 5.49. The number of rotatable bonds is 1. The van der Waals surface area contributed by atoms with Gasteiger partial charge in [-0.1, -0.05) is 6.07 Å². The lowest BCUT2D eigenvalue weighted by Gasteiger charge is -2.44. The number of anilines is 1. The maximum Gasteiger partial charge on any atom is 0.125 e. The summed E-state index contributed by atoms with van der Waals surface area (Å²) in [4.78, 5) is 2.26. The van der Waals surface area contributed by atoms with Crippen LogP contribution in [0.15, 0.2) is 24.3 Å². The molecular weight excluding hydrogens is 191 g/mol. The van der Waals surface area contributed by atoms with Crippen molar-refractivity contribution in [3.63, 3.8) is 0 Å². The summed E-state index contributed by atoms with van der Waals surface area (Å²) in [5.41, 5.74) is 1.02. The van der Waals surface area contributed by atoms with Crippen LogP contribution in [-0.2, 0) is 0 Å². The Bertz CT molecular complexity index is 349. The van der Waals surface area contributed by atoms with E-state index in [4.69, 9.17) is 0 Å².